The van der Waals surface area contributed by atoms with Crippen LogP contribution in [0, 0.1) is 0 Å². The second kappa shape index (κ2) is 7.31. The lowest BCUT2D eigenvalue weighted by molar-refractivity contribution is 0.673. The summed E-state index contributed by atoms with van der Waals surface area (Å²) in [6, 6.07) is 20.1. The predicted molar refractivity (Wildman–Crippen MR) is 93.5 cm³/mol. The number of nitrogens with zero attached hydrogens (tertiary/aromatic N) is 1. The second-order valence-corrected chi connectivity index (χ2v) is 5.83. The Morgan fingerprint density at radius 3 is 2.05 bits per heavy atom. The Kier molecular flexibility index (Phi) is 5.44. The van der Waals surface area contributed by atoms with Gasteiger partial charge in [0.25, 0.3) is 0 Å². The smallest absolute Gasteiger partial charge is 0.0448 e. The van der Waals surface area contributed by atoms with Crippen molar-refractivity contribution >= 4 is 11.4 Å². The summed E-state index contributed by atoms with van der Waals surface area (Å²) >= 11 is 0. The van der Waals surface area contributed by atoms with E-state index in [1.54, 1.807) is 0 Å². The van der Waals surface area contributed by atoms with Gasteiger partial charge in [-0.2, -0.15) is 0 Å². The van der Waals surface area contributed by atoms with E-state index in [1.807, 2.05) is 0 Å². The second-order valence-electron chi connectivity index (χ2n) is 5.83. The molecule has 1 nitrogen and oxygen atoms in total. The van der Waals surface area contributed by atoms with Gasteiger partial charge < -0.3 is 4.90 Å². The zero-order valence-corrected chi connectivity index (χ0v) is 13.7. The molecule has 2 aromatic carbocycles. The van der Waals surface area contributed by atoms with Crippen LogP contribution in [0.5, 0.6) is 0 Å². The van der Waals surface area contributed by atoms with E-state index in [0.29, 0.717) is 12.0 Å². The summed E-state index contributed by atoms with van der Waals surface area (Å²) in [5.41, 5.74) is 4.08. The first-order valence-corrected chi connectivity index (χ1v) is 8.12. The fourth-order valence-corrected chi connectivity index (χ4v) is 2.75. The largest absolute Gasteiger partial charge is 0.338 e. The molecule has 0 aromatic heterocycles. The van der Waals surface area contributed by atoms with Crippen molar-refractivity contribution in [1.82, 2.24) is 0 Å². The fourth-order valence-electron chi connectivity index (χ4n) is 2.75. The highest BCUT2D eigenvalue weighted by Gasteiger charge is 2.19. The predicted octanol–water partition coefficient (Wildman–Crippen LogP) is 6.14. The average Bonchev–Trinajstić information content (AvgIpc) is 2.55. The van der Waals surface area contributed by atoms with E-state index >= 15 is 0 Å². The molecular formula is C20H27N. The van der Waals surface area contributed by atoms with Crippen LogP contribution >= 0.6 is 0 Å². The SMILES string of the molecule is CCC(C)c1ccccc1N(c1ccccc1)C(C)CC. The molecule has 0 N–H and O–H groups in total. The number of hydrogen-bond acceptors (Lipinski definition) is 1. The van der Waals surface area contributed by atoms with Gasteiger partial charge >= 0.3 is 0 Å². The lowest BCUT2D eigenvalue weighted by atomic mass is 9.95. The molecule has 0 fully saturated rings. The molecule has 0 radical (unpaired) electrons. The van der Waals surface area contributed by atoms with Crippen LogP contribution in [0.4, 0.5) is 11.4 Å². The molecule has 2 atom stereocenters. The van der Waals surface area contributed by atoms with Gasteiger partial charge in [0.2, 0.25) is 0 Å². The van der Waals surface area contributed by atoms with Gasteiger partial charge in [0.05, 0.1) is 0 Å². The lowest BCUT2D eigenvalue weighted by Crippen LogP contribution is -2.28. The van der Waals surface area contributed by atoms with E-state index in [4.69, 9.17) is 0 Å². The number of benzene rings is 2. The van der Waals surface area contributed by atoms with Crippen molar-refractivity contribution in [2.75, 3.05) is 4.90 Å². The lowest BCUT2D eigenvalue weighted by Gasteiger charge is -2.33. The highest BCUT2D eigenvalue weighted by Crippen LogP contribution is 2.35. The molecule has 0 saturated heterocycles. The third-order valence-electron chi connectivity index (χ3n) is 4.41. The molecule has 2 rings (SSSR count). The maximum atomic E-state index is 2.49. The van der Waals surface area contributed by atoms with Crippen molar-refractivity contribution < 1.29 is 0 Å². The van der Waals surface area contributed by atoms with Crippen LogP contribution in [-0.4, -0.2) is 6.04 Å². The summed E-state index contributed by atoms with van der Waals surface area (Å²) in [5.74, 6) is 0.580. The monoisotopic (exact) mass is 281 g/mol. The van der Waals surface area contributed by atoms with Crippen molar-refractivity contribution in [3.05, 3.63) is 60.2 Å². The van der Waals surface area contributed by atoms with Gasteiger partial charge in [0.1, 0.15) is 0 Å². The Morgan fingerprint density at radius 2 is 1.43 bits per heavy atom. The Bertz CT molecular complexity index is 547. The van der Waals surface area contributed by atoms with Crippen molar-refractivity contribution in [2.24, 2.45) is 0 Å². The molecule has 21 heavy (non-hydrogen) atoms. The van der Waals surface area contributed by atoms with E-state index in [1.165, 1.54) is 23.4 Å². The number of para-hydroxylation sites is 2. The Balaban J connectivity index is 2.52. The van der Waals surface area contributed by atoms with Crippen molar-refractivity contribution in [3.8, 4) is 0 Å². The third-order valence-corrected chi connectivity index (χ3v) is 4.41. The minimum atomic E-state index is 0.484. The minimum Gasteiger partial charge on any atom is -0.338 e. The van der Waals surface area contributed by atoms with Gasteiger partial charge in [0.15, 0.2) is 0 Å². The third kappa shape index (κ3) is 3.47. The summed E-state index contributed by atoms with van der Waals surface area (Å²) in [7, 11) is 0. The first-order valence-electron chi connectivity index (χ1n) is 8.12. The average molecular weight is 281 g/mol. The molecule has 0 bridgehead atoms. The molecule has 2 aromatic rings. The van der Waals surface area contributed by atoms with Crippen molar-refractivity contribution in [2.45, 2.75) is 52.5 Å². The molecule has 0 aliphatic heterocycles. The first kappa shape index (κ1) is 15.6. The molecule has 0 spiro atoms. The van der Waals surface area contributed by atoms with E-state index in [9.17, 15) is 0 Å². The molecule has 0 aliphatic rings. The Hall–Kier alpha value is -1.76. The molecule has 0 aliphatic carbocycles. The van der Waals surface area contributed by atoms with Gasteiger partial charge in [-0.25, -0.2) is 0 Å². The highest BCUT2D eigenvalue weighted by molar-refractivity contribution is 5.67. The van der Waals surface area contributed by atoms with E-state index in [-0.39, 0.29) is 0 Å². The number of anilines is 2. The summed E-state index contributed by atoms with van der Waals surface area (Å²) in [4.78, 5) is 2.49. The fraction of sp³-hybridized carbons (Fsp3) is 0.400. The molecule has 112 valence electrons. The topological polar surface area (TPSA) is 3.24 Å². The molecule has 0 heterocycles. The molecule has 1 heteroatoms. The Labute approximate surface area is 129 Å². The standard InChI is InChI=1S/C20H27N/c1-5-16(3)19-14-10-11-15-20(19)21(17(4)6-2)18-12-8-7-9-13-18/h7-17H,5-6H2,1-4H3. The van der Waals surface area contributed by atoms with E-state index in [2.05, 4.69) is 87.2 Å². The van der Waals surface area contributed by atoms with E-state index < -0.39 is 0 Å². The maximum absolute atomic E-state index is 2.49. The van der Waals surface area contributed by atoms with Crippen LogP contribution in [-0.2, 0) is 0 Å². The molecule has 0 saturated carbocycles. The van der Waals surface area contributed by atoms with E-state index in [0.717, 1.165) is 6.42 Å². The maximum Gasteiger partial charge on any atom is 0.0448 e. The minimum absolute atomic E-state index is 0.484. The van der Waals surface area contributed by atoms with Gasteiger partial charge in [0, 0.05) is 17.4 Å². The van der Waals surface area contributed by atoms with Crippen molar-refractivity contribution in [1.29, 1.82) is 0 Å². The number of rotatable bonds is 6. The quantitative estimate of drug-likeness (QED) is 0.615. The zero-order valence-electron chi connectivity index (χ0n) is 13.7. The molecular weight excluding hydrogens is 254 g/mol. The van der Waals surface area contributed by atoms with Crippen LogP contribution in [0.2, 0.25) is 0 Å². The van der Waals surface area contributed by atoms with Gasteiger partial charge in [-0.3, -0.25) is 0 Å². The zero-order chi connectivity index (χ0) is 15.2. The Morgan fingerprint density at radius 1 is 0.810 bits per heavy atom. The van der Waals surface area contributed by atoms with Gasteiger partial charge in [-0.1, -0.05) is 57.2 Å². The van der Waals surface area contributed by atoms with Gasteiger partial charge in [-0.05, 0) is 49.4 Å². The van der Waals surface area contributed by atoms with Crippen LogP contribution in [0.3, 0.4) is 0 Å². The van der Waals surface area contributed by atoms with Crippen LogP contribution in [0.15, 0.2) is 54.6 Å². The number of hydrogen-bond donors (Lipinski definition) is 0. The van der Waals surface area contributed by atoms with Gasteiger partial charge in [-0.15, -0.1) is 0 Å². The van der Waals surface area contributed by atoms with Crippen LogP contribution < -0.4 is 4.90 Å². The molecule has 0 amide bonds. The van der Waals surface area contributed by atoms with Crippen LogP contribution in [0.25, 0.3) is 0 Å². The summed E-state index contributed by atoms with van der Waals surface area (Å²) < 4.78 is 0. The summed E-state index contributed by atoms with van der Waals surface area (Å²) in [5, 5.41) is 0. The van der Waals surface area contributed by atoms with Crippen LogP contribution in [0.1, 0.15) is 52.0 Å². The summed E-state index contributed by atoms with van der Waals surface area (Å²) in [6.07, 6.45) is 2.30. The summed E-state index contributed by atoms with van der Waals surface area (Å²) in [6.45, 7) is 9.14. The first-order chi connectivity index (χ1) is 10.2. The highest BCUT2D eigenvalue weighted by atomic mass is 15.2. The molecule has 2 unspecified atom stereocenters. The van der Waals surface area contributed by atoms with Crippen molar-refractivity contribution in [3.63, 3.8) is 0 Å². The normalized spacial score (nSPS) is 13.7.